The Bertz CT molecular complexity index is 551. The molecule has 0 unspecified atom stereocenters. The van der Waals surface area contributed by atoms with Crippen LogP contribution in [0.3, 0.4) is 0 Å². The van der Waals surface area contributed by atoms with Gasteiger partial charge in [0.25, 0.3) is 0 Å². The first kappa shape index (κ1) is 13.8. The second-order valence-corrected chi connectivity index (χ2v) is 4.95. The van der Waals surface area contributed by atoms with Crippen LogP contribution >= 0.6 is 15.9 Å². The number of aromatic nitrogens is 2. The second kappa shape index (κ2) is 6.49. The molecule has 0 radical (unpaired) electrons. The zero-order valence-corrected chi connectivity index (χ0v) is 12.1. The monoisotopic (exact) mass is 323 g/mol. The summed E-state index contributed by atoms with van der Waals surface area (Å²) in [5.41, 5.74) is 1.81. The molecular formula is C13H14BrN3O2. The summed E-state index contributed by atoms with van der Waals surface area (Å²) in [5.74, 6) is -0.189. The predicted molar refractivity (Wildman–Crippen MR) is 76.0 cm³/mol. The largest absolute Gasteiger partial charge is 0.375 e. The van der Waals surface area contributed by atoms with Crippen molar-refractivity contribution < 1.29 is 9.53 Å². The number of ether oxygens (including phenoxy) is 1. The van der Waals surface area contributed by atoms with Crippen LogP contribution < -0.4 is 5.32 Å². The molecule has 1 aromatic heterocycles. The molecule has 100 valence electrons. The van der Waals surface area contributed by atoms with Crippen molar-refractivity contribution in [2.24, 2.45) is 0 Å². The molecule has 0 fully saturated rings. The van der Waals surface area contributed by atoms with E-state index in [1.165, 1.54) is 7.11 Å². The van der Waals surface area contributed by atoms with Crippen LogP contribution in [0.15, 0.2) is 41.1 Å². The van der Waals surface area contributed by atoms with Crippen molar-refractivity contribution in [1.29, 1.82) is 0 Å². The molecule has 19 heavy (non-hydrogen) atoms. The number of halogens is 1. The Labute approximate surface area is 119 Å². The van der Waals surface area contributed by atoms with Crippen molar-refractivity contribution in [3.05, 3.63) is 46.7 Å². The topological polar surface area (TPSA) is 56.1 Å². The van der Waals surface area contributed by atoms with Gasteiger partial charge in [0, 0.05) is 17.8 Å². The predicted octanol–water partition coefficient (Wildman–Crippen LogP) is 2.28. The normalized spacial score (nSPS) is 10.4. The minimum atomic E-state index is -0.189. The van der Waals surface area contributed by atoms with Crippen LogP contribution in [0.2, 0.25) is 0 Å². The lowest BCUT2D eigenvalue weighted by atomic mass is 10.2. The number of rotatable bonds is 5. The third kappa shape index (κ3) is 4.18. The quantitative estimate of drug-likeness (QED) is 0.918. The standard InChI is InChI=1S/C13H14BrN3O2/c1-19-9-13(18)16-12-6-15-17(8-12)7-10-2-4-11(14)5-3-10/h2-6,8H,7,9H2,1H3,(H,16,18). The van der Waals surface area contributed by atoms with Crippen molar-refractivity contribution in [1.82, 2.24) is 9.78 Å². The SMILES string of the molecule is COCC(=O)Nc1cnn(Cc2ccc(Br)cc2)c1. The lowest BCUT2D eigenvalue weighted by molar-refractivity contribution is -0.119. The van der Waals surface area contributed by atoms with Crippen LogP contribution in [-0.4, -0.2) is 29.4 Å². The summed E-state index contributed by atoms with van der Waals surface area (Å²) in [4.78, 5) is 11.3. The maximum Gasteiger partial charge on any atom is 0.250 e. The van der Waals surface area contributed by atoms with Crippen LogP contribution in [0, 0.1) is 0 Å². The summed E-state index contributed by atoms with van der Waals surface area (Å²) in [5, 5.41) is 6.90. The first-order valence-corrected chi connectivity index (χ1v) is 6.52. The number of amides is 1. The molecule has 0 spiro atoms. The maximum absolute atomic E-state index is 11.3. The lowest BCUT2D eigenvalue weighted by Crippen LogP contribution is -2.16. The summed E-state index contributed by atoms with van der Waals surface area (Å²) in [6.07, 6.45) is 3.40. The number of anilines is 1. The zero-order chi connectivity index (χ0) is 13.7. The van der Waals surface area contributed by atoms with E-state index in [-0.39, 0.29) is 12.5 Å². The molecule has 0 aliphatic rings. The Morgan fingerprint density at radius 2 is 2.16 bits per heavy atom. The molecule has 1 heterocycles. The van der Waals surface area contributed by atoms with Gasteiger partial charge in [0.05, 0.1) is 18.4 Å². The Morgan fingerprint density at radius 3 is 2.84 bits per heavy atom. The highest BCUT2D eigenvalue weighted by Gasteiger charge is 2.04. The summed E-state index contributed by atoms with van der Waals surface area (Å²) >= 11 is 3.40. The van der Waals surface area contributed by atoms with Crippen molar-refractivity contribution in [2.45, 2.75) is 6.54 Å². The van der Waals surface area contributed by atoms with E-state index in [4.69, 9.17) is 4.74 Å². The molecular weight excluding hydrogens is 310 g/mol. The Morgan fingerprint density at radius 1 is 1.42 bits per heavy atom. The van der Waals surface area contributed by atoms with Crippen molar-refractivity contribution in [2.75, 3.05) is 19.0 Å². The first-order valence-electron chi connectivity index (χ1n) is 5.73. The Kier molecular flexibility index (Phi) is 4.70. The van der Waals surface area contributed by atoms with E-state index >= 15 is 0 Å². The second-order valence-electron chi connectivity index (χ2n) is 4.03. The van der Waals surface area contributed by atoms with E-state index in [2.05, 4.69) is 26.3 Å². The lowest BCUT2D eigenvalue weighted by Gasteiger charge is -2.02. The average Bonchev–Trinajstić information content (AvgIpc) is 2.80. The number of hydrogen-bond acceptors (Lipinski definition) is 3. The van der Waals surface area contributed by atoms with Gasteiger partial charge in [-0.3, -0.25) is 9.48 Å². The fourth-order valence-electron chi connectivity index (χ4n) is 1.62. The van der Waals surface area contributed by atoms with E-state index in [1.807, 2.05) is 24.3 Å². The summed E-state index contributed by atoms with van der Waals surface area (Å²) in [6.45, 7) is 0.700. The highest BCUT2D eigenvalue weighted by molar-refractivity contribution is 9.10. The van der Waals surface area contributed by atoms with Gasteiger partial charge in [0.1, 0.15) is 6.61 Å². The van der Waals surface area contributed by atoms with Crippen molar-refractivity contribution in [3.63, 3.8) is 0 Å². The van der Waals surface area contributed by atoms with Gasteiger partial charge < -0.3 is 10.1 Å². The number of hydrogen-bond donors (Lipinski definition) is 1. The van der Waals surface area contributed by atoms with Gasteiger partial charge in [-0.25, -0.2) is 0 Å². The van der Waals surface area contributed by atoms with Crippen LogP contribution in [-0.2, 0) is 16.1 Å². The van der Waals surface area contributed by atoms with E-state index < -0.39 is 0 Å². The highest BCUT2D eigenvalue weighted by Crippen LogP contribution is 2.12. The Hall–Kier alpha value is -1.66. The van der Waals surface area contributed by atoms with E-state index in [0.29, 0.717) is 12.2 Å². The van der Waals surface area contributed by atoms with Crippen LogP contribution in [0.1, 0.15) is 5.56 Å². The molecule has 0 atom stereocenters. The van der Waals surface area contributed by atoms with Crippen molar-refractivity contribution in [3.8, 4) is 0 Å². The molecule has 0 saturated heterocycles. The number of carbonyl (C=O) groups is 1. The zero-order valence-electron chi connectivity index (χ0n) is 10.5. The van der Waals surface area contributed by atoms with Crippen molar-refractivity contribution >= 4 is 27.5 Å². The molecule has 1 N–H and O–H groups in total. The highest BCUT2D eigenvalue weighted by atomic mass is 79.9. The van der Waals surface area contributed by atoms with E-state index in [0.717, 1.165) is 10.0 Å². The third-order valence-corrected chi connectivity index (χ3v) is 2.98. The van der Waals surface area contributed by atoms with Gasteiger partial charge in [-0.1, -0.05) is 28.1 Å². The molecule has 2 rings (SSSR count). The first-order chi connectivity index (χ1) is 9.17. The van der Waals surface area contributed by atoms with E-state index in [9.17, 15) is 4.79 Å². The molecule has 0 bridgehead atoms. The van der Waals surface area contributed by atoms with Gasteiger partial charge >= 0.3 is 0 Å². The minimum absolute atomic E-state index is 0.0396. The number of methoxy groups -OCH3 is 1. The summed E-state index contributed by atoms with van der Waals surface area (Å²) in [6, 6.07) is 8.02. The average molecular weight is 324 g/mol. The number of carbonyl (C=O) groups excluding carboxylic acids is 1. The van der Waals surface area contributed by atoms with Gasteiger partial charge in [-0.15, -0.1) is 0 Å². The molecule has 2 aromatic rings. The molecule has 6 heteroatoms. The number of benzene rings is 1. The van der Waals surface area contributed by atoms with E-state index in [1.54, 1.807) is 17.1 Å². The number of nitrogens with one attached hydrogen (secondary N) is 1. The molecule has 0 aliphatic heterocycles. The molecule has 1 amide bonds. The van der Waals surface area contributed by atoms with Gasteiger partial charge in [-0.05, 0) is 17.7 Å². The van der Waals surface area contributed by atoms with Gasteiger partial charge in [0.2, 0.25) is 5.91 Å². The van der Waals surface area contributed by atoms with Gasteiger partial charge in [-0.2, -0.15) is 5.10 Å². The number of nitrogens with zero attached hydrogens (tertiary/aromatic N) is 2. The summed E-state index contributed by atoms with van der Waals surface area (Å²) < 4.78 is 7.56. The fraction of sp³-hybridized carbons (Fsp3) is 0.231. The smallest absolute Gasteiger partial charge is 0.250 e. The van der Waals surface area contributed by atoms with Crippen LogP contribution in [0.5, 0.6) is 0 Å². The molecule has 0 saturated carbocycles. The van der Waals surface area contributed by atoms with Crippen LogP contribution in [0.4, 0.5) is 5.69 Å². The minimum Gasteiger partial charge on any atom is -0.375 e. The summed E-state index contributed by atoms with van der Waals surface area (Å²) in [7, 11) is 1.48. The maximum atomic E-state index is 11.3. The fourth-order valence-corrected chi connectivity index (χ4v) is 1.88. The molecule has 0 aliphatic carbocycles. The van der Waals surface area contributed by atoms with Gasteiger partial charge in [0.15, 0.2) is 0 Å². The molecule has 5 nitrogen and oxygen atoms in total. The van der Waals surface area contributed by atoms with Crippen LogP contribution in [0.25, 0.3) is 0 Å². The Balaban J connectivity index is 1.97. The third-order valence-electron chi connectivity index (χ3n) is 2.45. The molecule has 1 aromatic carbocycles.